The van der Waals surface area contributed by atoms with Crippen molar-refractivity contribution in [3.05, 3.63) is 12.7 Å². The molecule has 0 aromatic rings. The molecule has 0 aromatic carbocycles. The monoisotopic (exact) mass is 487 g/mol. The van der Waals surface area contributed by atoms with Crippen molar-refractivity contribution in [1.29, 1.82) is 0 Å². The van der Waals surface area contributed by atoms with E-state index in [1.165, 1.54) is 19.3 Å². The van der Waals surface area contributed by atoms with E-state index in [0.717, 1.165) is 38.5 Å². The number of aliphatic hydroxyl groups excluding tert-OH is 1. The van der Waals surface area contributed by atoms with E-state index in [9.17, 15) is 15.0 Å². The Hall–Kier alpha value is -0.870. The summed E-state index contributed by atoms with van der Waals surface area (Å²) in [5, 5.41) is 21.2. The molecule has 0 amide bonds. The average molecular weight is 488 g/mol. The number of hydrogen-bond acceptors (Lipinski definition) is 3. The Balaban J connectivity index is 1.76. The van der Waals surface area contributed by atoms with Gasteiger partial charge in [-0.15, -0.1) is 6.58 Å². The van der Waals surface area contributed by atoms with Gasteiger partial charge in [0.1, 0.15) is 5.54 Å². The van der Waals surface area contributed by atoms with Gasteiger partial charge in [0, 0.05) is 5.41 Å². The van der Waals surface area contributed by atoms with E-state index >= 15 is 0 Å². The molecular weight excluding hydrogens is 434 g/mol. The zero-order chi connectivity index (χ0) is 26.0. The fraction of sp³-hybridized carbons (Fsp3) is 0.903. The molecule has 35 heavy (non-hydrogen) atoms. The van der Waals surface area contributed by atoms with Crippen LogP contribution in [0.3, 0.4) is 0 Å². The van der Waals surface area contributed by atoms with Crippen molar-refractivity contribution in [2.45, 2.75) is 124 Å². The standard InChI is InChI=1S/C31H53NO3/c1-8-27(4)23-12-15-30(7)24(28(23,5)14-13-25(27)33)10-9-22-19-21(20(2)3)11-16-31(32,26(34)35)18-17-29(22,30)6/h8,20-25,33H,1,9-19,32H2,2-7H3,(H,34,35)/t21-,22?,23?,24?,25+,27+,28+,29-,30-,31-/m1/s1. The second kappa shape index (κ2) is 8.86. The predicted molar refractivity (Wildman–Crippen MR) is 143 cm³/mol. The van der Waals surface area contributed by atoms with Crippen LogP contribution < -0.4 is 5.73 Å². The Bertz CT molecular complexity index is 841. The largest absolute Gasteiger partial charge is 0.480 e. The number of rotatable bonds is 3. The molecule has 0 aromatic heterocycles. The van der Waals surface area contributed by atoms with Gasteiger partial charge < -0.3 is 15.9 Å². The van der Waals surface area contributed by atoms with Gasteiger partial charge >= 0.3 is 5.97 Å². The quantitative estimate of drug-likeness (QED) is 0.382. The highest BCUT2D eigenvalue weighted by atomic mass is 16.4. The molecule has 3 unspecified atom stereocenters. The molecule has 10 atom stereocenters. The third kappa shape index (κ3) is 3.87. The molecular formula is C31H53NO3. The van der Waals surface area contributed by atoms with Crippen molar-refractivity contribution < 1.29 is 15.0 Å². The summed E-state index contributed by atoms with van der Waals surface area (Å²) in [6, 6.07) is 0. The molecule has 0 heterocycles. The van der Waals surface area contributed by atoms with Crippen molar-refractivity contribution in [1.82, 2.24) is 0 Å². The first kappa shape index (κ1) is 27.2. The van der Waals surface area contributed by atoms with Crippen LogP contribution in [-0.2, 0) is 4.79 Å². The molecule has 4 rings (SSSR count). The molecule has 0 bridgehead atoms. The van der Waals surface area contributed by atoms with Crippen molar-refractivity contribution in [3.8, 4) is 0 Å². The summed E-state index contributed by atoms with van der Waals surface area (Å²) >= 11 is 0. The first-order valence-corrected chi connectivity index (χ1v) is 14.5. The maximum Gasteiger partial charge on any atom is 0.323 e. The minimum atomic E-state index is -1.12. The third-order valence-electron chi connectivity index (χ3n) is 13.2. The number of carbonyl (C=O) groups is 1. The van der Waals surface area contributed by atoms with Crippen LogP contribution in [0.25, 0.3) is 0 Å². The maximum atomic E-state index is 12.4. The van der Waals surface area contributed by atoms with Gasteiger partial charge in [-0.2, -0.15) is 0 Å². The van der Waals surface area contributed by atoms with Crippen LogP contribution in [0.5, 0.6) is 0 Å². The first-order valence-electron chi connectivity index (χ1n) is 14.5. The van der Waals surface area contributed by atoms with Crippen LogP contribution in [0, 0.1) is 51.2 Å². The lowest BCUT2D eigenvalue weighted by Gasteiger charge is -2.70. The van der Waals surface area contributed by atoms with Gasteiger partial charge in [-0.3, -0.25) is 4.79 Å². The van der Waals surface area contributed by atoms with Crippen molar-refractivity contribution in [2.75, 3.05) is 0 Å². The molecule has 0 aliphatic heterocycles. The smallest absolute Gasteiger partial charge is 0.323 e. The van der Waals surface area contributed by atoms with E-state index in [0.29, 0.717) is 42.4 Å². The van der Waals surface area contributed by atoms with E-state index in [-0.39, 0.29) is 27.8 Å². The zero-order valence-electron chi connectivity index (χ0n) is 23.4. The van der Waals surface area contributed by atoms with Crippen LogP contribution in [-0.4, -0.2) is 27.8 Å². The van der Waals surface area contributed by atoms with Gasteiger partial charge in [0.25, 0.3) is 0 Å². The lowest BCUT2D eigenvalue weighted by atomic mass is 9.34. The second-order valence-corrected chi connectivity index (χ2v) is 14.6. The highest BCUT2D eigenvalue weighted by Gasteiger charge is 2.67. The number of nitrogens with two attached hydrogens (primary N) is 1. The maximum absolute atomic E-state index is 12.4. The van der Waals surface area contributed by atoms with Crippen LogP contribution >= 0.6 is 0 Å². The van der Waals surface area contributed by atoms with Gasteiger partial charge in [0.15, 0.2) is 0 Å². The van der Waals surface area contributed by atoms with Crippen LogP contribution in [0.4, 0.5) is 0 Å². The fourth-order valence-electron chi connectivity index (χ4n) is 10.3. The predicted octanol–water partition coefficient (Wildman–Crippen LogP) is 6.81. The van der Waals surface area contributed by atoms with E-state index < -0.39 is 11.5 Å². The summed E-state index contributed by atoms with van der Waals surface area (Å²) in [5.41, 5.74) is 5.70. The van der Waals surface area contributed by atoms with Crippen LogP contribution in [0.15, 0.2) is 12.7 Å². The van der Waals surface area contributed by atoms with Gasteiger partial charge in [-0.05, 0) is 116 Å². The van der Waals surface area contributed by atoms with Crippen molar-refractivity contribution >= 4 is 5.97 Å². The average Bonchev–Trinajstić information content (AvgIpc) is 2.85. The molecule has 4 heteroatoms. The molecule has 4 fully saturated rings. The summed E-state index contributed by atoms with van der Waals surface area (Å²) in [6.45, 7) is 18.6. The topological polar surface area (TPSA) is 83.6 Å². The summed E-state index contributed by atoms with van der Waals surface area (Å²) in [5.74, 6) is 1.90. The second-order valence-electron chi connectivity index (χ2n) is 14.6. The number of aliphatic hydroxyl groups is 1. The zero-order valence-corrected chi connectivity index (χ0v) is 23.4. The summed E-state index contributed by atoms with van der Waals surface area (Å²) in [7, 11) is 0. The van der Waals surface area contributed by atoms with Crippen molar-refractivity contribution in [3.63, 3.8) is 0 Å². The molecule has 200 valence electrons. The Morgan fingerprint density at radius 2 is 1.60 bits per heavy atom. The number of fused-ring (bicyclic) bond motifs is 5. The summed E-state index contributed by atoms with van der Waals surface area (Å²) in [6.07, 6.45) is 12.6. The number of carboxylic acid groups (broad SMARTS) is 1. The van der Waals surface area contributed by atoms with Gasteiger partial charge in [0.2, 0.25) is 0 Å². The minimum absolute atomic E-state index is 0.0715. The molecule has 0 saturated heterocycles. The molecule has 4 aliphatic rings. The molecule has 0 radical (unpaired) electrons. The molecule has 4 N–H and O–H groups in total. The number of carboxylic acids is 1. The molecule has 4 aliphatic carbocycles. The Kier molecular flexibility index (Phi) is 6.88. The molecule has 0 spiro atoms. The lowest BCUT2D eigenvalue weighted by Crippen LogP contribution is -2.64. The molecule has 4 saturated carbocycles. The third-order valence-corrected chi connectivity index (χ3v) is 13.2. The summed E-state index contributed by atoms with van der Waals surface area (Å²) < 4.78 is 0. The summed E-state index contributed by atoms with van der Waals surface area (Å²) in [4.78, 5) is 12.4. The Morgan fingerprint density at radius 3 is 2.20 bits per heavy atom. The van der Waals surface area contributed by atoms with Crippen molar-refractivity contribution in [2.24, 2.45) is 57.0 Å². The van der Waals surface area contributed by atoms with Crippen LogP contribution in [0.1, 0.15) is 112 Å². The normalized spacial score (nSPS) is 52.8. The number of hydrogen-bond donors (Lipinski definition) is 3. The Morgan fingerprint density at radius 1 is 0.914 bits per heavy atom. The number of aliphatic carboxylic acids is 1. The minimum Gasteiger partial charge on any atom is -0.480 e. The van der Waals surface area contributed by atoms with Gasteiger partial charge in [0.05, 0.1) is 6.10 Å². The highest BCUT2D eigenvalue weighted by molar-refractivity contribution is 5.78. The van der Waals surface area contributed by atoms with E-state index in [2.05, 4.69) is 54.2 Å². The molecule has 4 nitrogen and oxygen atoms in total. The van der Waals surface area contributed by atoms with Gasteiger partial charge in [-0.25, -0.2) is 0 Å². The SMILES string of the molecule is C=C[C@@]1(C)C2CC[C@]3(C)C(CCC4C[C@H](C(C)C)CC[C@](N)(C(=O)O)CC[C@]43C)[C@@]2(C)CC[C@@H]1O. The van der Waals surface area contributed by atoms with Gasteiger partial charge in [-0.1, -0.05) is 47.6 Å². The fourth-order valence-corrected chi connectivity index (χ4v) is 10.3. The van der Waals surface area contributed by atoms with E-state index in [4.69, 9.17) is 5.73 Å². The Labute approximate surface area is 214 Å². The van der Waals surface area contributed by atoms with E-state index in [1.54, 1.807) is 0 Å². The lowest BCUT2D eigenvalue weighted by molar-refractivity contribution is -0.222. The van der Waals surface area contributed by atoms with Crippen LogP contribution in [0.2, 0.25) is 0 Å². The first-order chi connectivity index (χ1) is 16.2. The highest BCUT2D eigenvalue weighted by Crippen LogP contribution is 2.73. The van der Waals surface area contributed by atoms with E-state index in [1.807, 2.05) is 0 Å².